The van der Waals surface area contributed by atoms with E-state index in [2.05, 4.69) is 4.98 Å². The smallest absolute Gasteiger partial charge is 0.269 e. The number of fused-ring (bicyclic) bond motifs is 2. The number of imide groups is 1. The third-order valence-corrected chi connectivity index (χ3v) is 4.56. The summed E-state index contributed by atoms with van der Waals surface area (Å²) in [6.45, 7) is 1.38. The van der Waals surface area contributed by atoms with Crippen molar-refractivity contribution in [2.75, 3.05) is 12.0 Å². The number of rotatable bonds is 2. The lowest BCUT2D eigenvalue weighted by atomic mass is 10.0. The van der Waals surface area contributed by atoms with E-state index in [0.717, 1.165) is 16.6 Å². The minimum Gasteiger partial charge on any atom is -0.495 e. The number of methoxy groups -OCH3 is 1. The lowest BCUT2D eigenvalue weighted by Crippen LogP contribution is -2.31. The summed E-state index contributed by atoms with van der Waals surface area (Å²) in [4.78, 5) is 30.6. The molecule has 0 N–H and O–H groups in total. The molecule has 6 nitrogen and oxygen atoms in total. The summed E-state index contributed by atoms with van der Waals surface area (Å²) in [5.41, 5.74) is 4.18. The zero-order chi connectivity index (χ0) is 18.4. The van der Waals surface area contributed by atoms with E-state index in [1.165, 1.54) is 18.9 Å². The van der Waals surface area contributed by atoms with Crippen molar-refractivity contribution < 1.29 is 14.3 Å². The molecule has 0 radical (unpaired) electrons. The average Bonchev–Trinajstić information content (AvgIpc) is 3.14. The largest absolute Gasteiger partial charge is 0.495 e. The van der Waals surface area contributed by atoms with Crippen LogP contribution in [0.1, 0.15) is 18.1 Å². The number of para-hydroxylation sites is 1. The molecule has 0 atom stereocenters. The number of aromatic nitrogens is 2. The van der Waals surface area contributed by atoms with Crippen LogP contribution < -0.4 is 4.90 Å². The van der Waals surface area contributed by atoms with Gasteiger partial charge in [0.25, 0.3) is 5.91 Å². The van der Waals surface area contributed by atoms with E-state index in [-0.39, 0.29) is 11.8 Å². The number of ether oxygens (including phenoxy) is 1. The average molecular weight is 347 g/mol. The zero-order valence-electron chi connectivity index (χ0n) is 14.7. The first-order valence-corrected chi connectivity index (χ1v) is 8.17. The number of imidazole rings is 1. The Balaban J connectivity index is 1.97. The first kappa shape index (κ1) is 16.1. The van der Waals surface area contributed by atoms with Gasteiger partial charge in [0.1, 0.15) is 5.76 Å². The fourth-order valence-corrected chi connectivity index (χ4v) is 3.39. The molecular formula is C20H17N3O3. The van der Waals surface area contributed by atoms with Crippen molar-refractivity contribution in [2.45, 2.75) is 6.92 Å². The van der Waals surface area contributed by atoms with Gasteiger partial charge in [0.2, 0.25) is 5.91 Å². The van der Waals surface area contributed by atoms with E-state index < -0.39 is 0 Å². The Kier molecular flexibility index (Phi) is 3.61. The Morgan fingerprint density at radius 3 is 2.65 bits per heavy atom. The van der Waals surface area contributed by atoms with Gasteiger partial charge in [0.05, 0.1) is 35.7 Å². The van der Waals surface area contributed by atoms with E-state index in [9.17, 15) is 9.59 Å². The second kappa shape index (κ2) is 5.84. The lowest BCUT2D eigenvalue weighted by molar-refractivity contribution is -0.122. The van der Waals surface area contributed by atoms with Gasteiger partial charge in [-0.2, -0.15) is 0 Å². The van der Waals surface area contributed by atoms with Crippen molar-refractivity contribution in [3.63, 3.8) is 0 Å². The van der Waals surface area contributed by atoms with Crippen LogP contribution in [0.5, 0.6) is 0 Å². The van der Waals surface area contributed by atoms with Crippen LogP contribution in [0.2, 0.25) is 0 Å². The molecule has 0 aliphatic carbocycles. The quantitative estimate of drug-likeness (QED) is 0.528. The molecule has 1 aromatic heterocycles. The third-order valence-electron chi connectivity index (χ3n) is 4.56. The van der Waals surface area contributed by atoms with Gasteiger partial charge in [0, 0.05) is 25.1 Å². The maximum atomic E-state index is 13.0. The summed E-state index contributed by atoms with van der Waals surface area (Å²) < 4.78 is 7.54. The van der Waals surface area contributed by atoms with Crippen molar-refractivity contribution in [3.05, 3.63) is 59.9 Å². The summed E-state index contributed by atoms with van der Waals surface area (Å²) in [5, 5.41) is 0. The Morgan fingerprint density at radius 2 is 1.92 bits per heavy atom. The second-order valence-corrected chi connectivity index (χ2v) is 6.14. The Hall–Kier alpha value is -3.41. The first-order chi connectivity index (χ1) is 12.5. The van der Waals surface area contributed by atoms with Gasteiger partial charge in [-0.05, 0) is 24.3 Å². The van der Waals surface area contributed by atoms with E-state index >= 15 is 0 Å². The van der Waals surface area contributed by atoms with Gasteiger partial charge in [0.15, 0.2) is 0 Å². The minimum atomic E-state index is -0.378. The van der Waals surface area contributed by atoms with Crippen LogP contribution in [-0.4, -0.2) is 28.5 Å². The Morgan fingerprint density at radius 1 is 1.15 bits per heavy atom. The number of nitrogens with zero attached hydrogens (tertiary/aromatic N) is 3. The maximum Gasteiger partial charge on any atom is 0.269 e. The van der Waals surface area contributed by atoms with Gasteiger partial charge in [-0.1, -0.05) is 18.2 Å². The summed E-state index contributed by atoms with van der Waals surface area (Å²) in [6, 6.07) is 12.9. The van der Waals surface area contributed by atoms with E-state index in [0.29, 0.717) is 22.6 Å². The van der Waals surface area contributed by atoms with Crippen molar-refractivity contribution in [3.8, 4) is 0 Å². The predicted molar refractivity (Wildman–Crippen MR) is 99.1 cm³/mol. The lowest BCUT2D eigenvalue weighted by Gasteiger charge is -2.12. The van der Waals surface area contributed by atoms with Crippen molar-refractivity contribution in [2.24, 2.45) is 7.05 Å². The normalized spacial score (nSPS) is 15.3. The fraction of sp³-hybridized carbons (Fsp3) is 0.150. The molecule has 0 fully saturated rings. The van der Waals surface area contributed by atoms with Gasteiger partial charge in [-0.15, -0.1) is 0 Å². The van der Waals surface area contributed by atoms with E-state index in [1.54, 1.807) is 18.5 Å². The standard InChI is InChI=1S/C20H17N3O3/c1-12(24)23-16-7-5-4-6-14(16)18(20(23)25)19(26-3)13-8-9-17-15(10-13)21-11-22(17)2/h4-11H,1-3H3/b19-18+. The molecule has 0 bridgehead atoms. The number of amides is 2. The molecule has 0 spiro atoms. The summed E-state index contributed by atoms with van der Waals surface area (Å²) >= 11 is 0. The van der Waals surface area contributed by atoms with Crippen molar-refractivity contribution in [1.29, 1.82) is 0 Å². The monoisotopic (exact) mass is 347 g/mol. The summed E-state index contributed by atoms with van der Waals surface area (Å²) in [7, 11) is 3.45. The zero-order valence-corrected chi connectivity index (χ0v) is 14.7. The van der Waals surface area contributed by atoms with Gasteiger partial charge < -0.3 is 9.30 Å². The molecule has 4 rings (SSSR count). The van der Waals surface area contributed by atoms with Gasteiger partial charge in [-0.25, -0.2) is 9.88 Å². The van der Waals surface area contributed by atoms with Crippen LogP contribution in [0.15, 0.2) is 48.8 Å². The molecule has 130 valence electrons. The minimum absolute atomic E-state index is 0.326. The van der Waals surface area contributed by atoms with Crippen LogP contribution >= 0.6 is 0 Å². The number of hydrogen-bond acceptors (Lipinski definition) is 4. The Labute approximate surface area is 150 Å². The van der Waals surface area contributed by atoms with Gasteiger partial charge in [-0.3, -0.25) is 9.59 Å². The van der Waals surface area contributed by atoms with Crippen LogP contribution in [-0.2, 0) is 21.4 Å². The molecule has 1 aliphatic heterocycles. The number of anilines is 1. The first-order valence-electron chi connectivity index (χ1n) is 8.17. The van der Waals surface area contributed by atoms with Crippen LogP contribution in [0, 0.1) is 0 Å². The molecule has 6 heteroatoms. The SMILES string of the molecule is CO/C(=C1/C(=O)N(C(C)=O)c2ccccc21)c1ccc2c(c1)ncn2C. The molecule has 2 heterocycles. The number of benzene rings is 2. The van der Waals surface area contributed by atoms with Crippen LogP contribution in [0.4, 0.5) is 5.69 Å². The highest BCUT2D eigenvalue weighted by Crippen LogP contribution is 2.41. The van der Waals surface area contributed by atoms with Crippen LogP contribution in [0.3, 0.4) is 0 Å². The molecule has 0 saturated heterocycles. The third kappa shape index (κ3) is 2.23. The fourth-order valence-electron chi connectivity index (χ4n) is 3.39. The molecule has 1 aliphatic rings. The highest BCUT2D eigenvalue weighted by molar-refractivity contribution is 6.42. The number of carbonyl (C=O) groups is 2. The molecule has 0 saturated carbocycles. The second-order valence-electron chi connectivity index (χ2n) is 6.14. The highest BCUT2D eigenvalue weighted by atomic mass is 16.5. The number of aryl methyl sites for hydroxylation is 1. The maximum absolute atomic E-state index is 13.0. The number of carbonyl (C=O) groups excluding carboxylic acids is 2. The molecular weight excluding hydrogens is 330 g/mol. The van der Waals surface area contributed by atoms with Gasteiger partial charge >= 0.3 is 0 Å². The topological polar surface area (TPSA) is 64.4 Å². The summed E-state index contributed by atoms with van der Waals surface area (Å²) in [6.07, 6.45) is 1.74. The molecule has 2 amide bonds. The molecule has 2 aromatic carbocycles. The van der Waals surface area contributed by atoms with E-state index in [1.807, 2.05) is 41.9 Å². The summed E-state index contributed by atoms with van der Waals surface area (Å²) in [5.74, 6) is -0.275. The highest BCUT2D eigenvalue weighted by Gasteiger charge is 2.37. The molecule has 26 heavy (non-hydrogen) atoms. The predicted octanol–water partition coefficient (Wildman–Crippen LogP) is 2.98. The molecule has 3 aromatic rings. The van der Waals surface area contributed by atoms with E-state index in [4.69, 9.17) is 4.74 Å². The van der Waals surface area contributed by atoms with Crippen LogP contribution in [0.25, 0.3) is 22.4 Å². The Bertz CT molecular complexity index is 1090. The van der Waals surface area contributed by atoms with Crippen molar-refractivity contribution in [1.82, 2.24) is 9.55 Å². The number of hydrogen-bond donors (Lipinski definition) is 0. The molecule has 0 unspecified atom stereocenters. The van der Waals surface area contributed by atoms with Crippen molar-refractivity contribution >= 4 is 39.9 Å².